The lowest BCUT2D eigenvalue weighted by Crippen LogP contribution is -1.99. The summed E-state index contributed by atoms with van der Waals surface area (Å²) in [7, 11) is 0. The predicted octanol–water partition coefficient (Wildman–Crippen LogP) is 4.73. The first-order chi connectivity index (χ1) is 9.52. The van der Waals surface area contributed by atoms with Gasteiger partial charge in [0, 0.05) is 5.02 Å². The van der Waals surface area contributed by atoms with E-state index in [1.54, 1.807) is 0 Å². The van der Waals surface area contributed by atoms with Crippen LogP contribution < -0.4 is 15.2 Å². The van der Waals surface area contributed by atoms with Crippen LogP contribution in [-0.4, -0.2) is 6.61 Å². The summed E-state index contributed by atoms with van der Waals surface area (Å²) >= 11 is 6.15. The molecule has 0 aliphatic carbocycles. The van der Waals surface area contributed by atoms with Gasteiger partial charge >= 0.3 is 0 Å². The molecule has 0 bridgehead atoms. The van der Waals surface area contributed by atoms with Crippen LogP contribution in [0.4, 0.5) is 5.69 Å². The Labute approximate surface area is 124 Å². The highest BCUT2D eigenvalue weighted by atomic mass is 35.5. The molecule has 106 valence electrons. The van der Waals surface area contributed by atoms with E-state index in [9.17, 15) is 0 Å². The molecule has 0 unspecified atom stereocenters. The minimum absolute atomic E-state index is 0.500. The molecule has 0 saturated heterocycles. The number of aryl methyl sites for hydroxylation is 2. The van der Waals surface area contributed by atoms with Crippen LogP contribution in [0.1, 0.15) is 18.1 Å². The molecule has 0 spiro atoms. The van der Waals surface area contributed by atoms with Gasteiger partial charge in [0.05, 0.1) is 6.61 Å². The highest BCUT2D eigenvalue weighted by Crippen LogP contribution is 2.36. The van der Waals surface area contributed by atoms with Gasteiger partial charge in [-0.25, -0.2) is 0 Å². The third-order valence-corrected chi connectivity index (χ3v) is 3.56. The summed E-state index contributed by atoms with van der Waals surface area (Å²) < 4.78 is 11.3. The number of para-hydroxylation sites is 1. The molecule has 20 heavy (non-hydrogen) atoms. The summed E-state index contributed by atoms with van der Waals surface area (Å²) in [5, 5.41) is 0.758. The maximum atomic E-state index is 6.15. The summed E-state index contributed by atoms with van der Waals surface area (Å²) in [6, 6.07) is 9.28. The first-order valence-electron chi connectivity index (χ1n) is 6.48. The van der Waals surface area contributed by atoms with Crippen molar-refractivity contribution in [3.8, 4) is 17.2 Å². The van der Waals surface area contributed by atoms with Crippen molar-refractivity contribution in [2.75, 3.05) is 12.3 Å². The molecule has 4 heteroatoms. The number of anilines is 1. The molecular formula is C16H18ClNO2. The zero-order chi connectivity index (χ0) is 14.7. The third-order valence-electron chi connectivity index (χ3n) is 2.96. The number of halogens is 1. The summed E-state index contributed by atoms with van der Waals surface area (Å²) in [6.07, 6.45) is 0. The second-order valence-corrected chi connectivity index (χ2v) is 4.95. The van der Waals surface area contributed by atoms with E-state index in [1.807, 2.05) is 51.1 Å². The maximum absolute atomic E-state index is 6.15. The zero-order valence-corrected chi connectivity index (χ0v) is 12.6. The lowest BCUT2D eigenvalue weighted by molar-refractivity contribution is 0.340. The highest BCUT2D eigenvalue weighted by molar-refractivity contribution is 6.32. The molecule has 0 atom stereocenters. The smallest absolute Gasteiger partial charge is 0.154 e. The number of benzene rings is 2. The van der Waals surface area contributed by atoms with Gasteiger partial charge in [0.2, 0.25) is 0 Å². The number of ether oxygens (including phenoxy) is 2. The molecular weight excluding hydrogens is 274 g/mol. The highest BCUT2D eigenvalue weighted by Gasteiger charge is 2.09. The number of hydrogen-bond donors (Lipinski definition) is 1. The largest absolute Gasteiger partial charge is 0.492 e. The Balaban J connectivity index is 2.33. The van der Waals surface area contributed by atoms with Crippen molar-refractivity contribution >= 4 is 17.3 Å². The van der Waals surface area contributed by atoms with E-state index in [0.717, 1.165) is 16.1 Å². The fourth-order valence-electron chi connectivity index (χ4n) is 1.99. The normalized spacial score (nSPS) is 10.4. The Hall–Kier alpha value is -1.87. The molecule has 0 radical (unpaired) electrons. The van der Waals surface area contributed by atoms with Crippen molar-refractivity contribution in [3.63, 3.8) is 0 Å². The lowest BCUT2D eigenvalue weighted by Gasteiger charge is -2.13. The number of nitrogen functional groups attached to an aromatic ring is 1. The van der Waals surface area contributed by atoms with Crippen LogP contribution in [0, 0.1) is 13.8 Å². The summed E-state index contributed by atoms with van der Waals surface area (Å²) in [5.41, 5.74) is 8.49. The molecule has 0 aliphatic heterocycles. The third kappa shape index (κ3) is 2.99. The van der Waals surface area contributed by atoms with Gasteiger partial charge in [-0.05, 0) is 56.2 Å². The van der Waals surface area contributed by atoms with Crippen LogP contribution in [0.25, 0.3) is 0 Å². The van der Waals surface area contributed by atoms with Crippen molar-refractivity contribution in [3.05, 3.63) is 46.5 Å². The molecule has 0 heterocycles. The van der Waals surface area contributed by atoms with Crippen molar-refractivity contribution in [2.45, 2.75) is 20.8 Å². The van der Waals surface area contributed by atoms with E-state index >= 15 is 0 Å². The standard InChI is InChI=1S/C16H18ClNO2/c1-4-19-13-6-5-7-14(16(13)18)20-12-8-10(2)15(17)11(3)9-12/h5-9H,4,18H2,1-3H3. The Morgan fingerprint density at radius 1 is 1.10 bits per heavy atom. The van der Waals surface area contributed by atoms with Gasteiger partial charge in [-0.1, -0.05) is 17.7 Å². The molecule has 0 saturated carbocycles. The van der Waals surface area contributed by atoms with E-state index in [0.29, 0.717) is 29.5 Å². The molecule has 2 aromatic rings. The molecule has 0 amide bonds. The SMILES string of the molecule is CCOc1cccc(Oc2cc(C)c(Cl)c(C)c2)c1N. The first-order valence-corrected chi connectivity index (χ1v) is 6.86. The van der Waals surface area contributed by atoms with Gasteiger partial charge in [-0.15, -0.1) is 0 Å². The van der Waals surface area contributed by atoms with Crippen LogP contribution in [0.5, 0.6) is 17.2 Å². The fourth-order valence-corrected chi connectivity index (χ4v) is 2.10. The van der Waals surface area contributed by atoms with Crippen LogP contribution in [0.3, 0.4) is 0 Å². The average molecular weight is 292 g/mol. The van der Waals surface area contributed by atoms with Gasteiger partial charge in [0.1, 0.15) is 17.2 Å². The van der Waals surface area contributed by atoms with Crippen LogP contribution in [0.15, 0.2) is 30.3 Å². The topological polar surface area (TPSA) is 44.5 Å². The maximum Gasteiger partial charge on any atom is 0.154 e. The second kappa shape index (κ2) is 6.06. The van der Waals surface area contributed by atoms with Gasteiger partial charge in [-0.2, -0.15) is 0 Å². The Morgan fingerprint density at radius 3 is 2.30 bits per heavy atom. The van der Waals surface area contributed by atoms with Crippen LogP contribution in [-0.2, 0) is 0 Å². The summed E-state index contributed by atoms with van der Waals surface area (Å²) in [5.74, 6) is 1.93. The van der Waals surface area contributed by atoms with E-state index in [-0.39, 0.29) is 0 Å². The molecule has 0 fully saturated rings. The second-order valence-electron chi connectivity index (χ2n) is 4.57. The average Bonchev–Trinajstić information content (AvgIpc) is 2.41. The van der Waals surface area contributed by atoms with Gasteiger partial charge in [-0.3, -0.25) is 0 Å². The van der Waals surface area contributed by atoms with Gasteiger partial charge < -0.3 is 15.2 Å². The molecule has 0 aliphatic rings. The van der Waals surface area contributed by atoms with Crippen molar-refractivity contribution in [1.82, 2.24) is 0 Å². The summed E-state index contributed by atoms with van der Waals surface area (Å²) in [6.45, 7) is 6.37. The minimum atomic E-state index is 0.500. The van der Waals surface area contributed by atoms with E-state index < -0.39 is 0 Å². The molecule has 2 N–H and O–H groups in total. The predicted molar refractivity (Wildman–Crippen MR) is 83.0 cm³/mol. The Kier molecular flexibility index (Phi) is 4.40. The van der Waals surface area contributed by atoms with E-state index in [1.165, 1.54) is 0 Å². The quantitative estimate of drug-likeness (QED) is 0.828. The monoisotopic (exact) mass is 291 g/mol. The fraction of sp³-hybridized carbons (Fsp3) is 0.250. The lowest BCUT2D eigenvalue weighted by atomic mass is 10.1. The van der Waals surface area contributed by atoms with Crippen molar-refractivity contribution < 1.29 is 9.47 Å². The first kappa shape index (κ1) is 14.5. The van der Waals surface area contributed by atoms with E-state index in [4.69, 9.17) is 26.8 Å². The van der Waals surface area contributed by atoms with Gasteiger partial charge in [0.25, 0.3) is 0 Å². The van der Waals surface area contributed by atoms with Crippen molar-refractivity contribution in [1.29, 1.82) is 0 Å². The molecule has 2 rings (SSSR count). The zero-order valence-electron chi connectivity index (χ0n) is 11.9. The Bertz CT molecular complexity index is 603. The molecule has 3 nitrogen and oxygen atoms in total. The molecule has 2 aromatic carbocycles. The summed E-state index contributed by atoms with van der Waals surface area (Å²) in [4.78, 5) is 0. The van der Waals surface area contributed by atoms with Gasteiger partial charge in [0.15, 0.2) is 5.75 Å². The van der Waals surface area contributed by atoms with Crippen LogP contribution in [0.2, 0.25) is 5.02 Å². The van der Waals surface area contributed by atoms with Crippen LogP contribution >= 0.6 is 11.6 Å². The van der Waals surface area contributed by atoms with Crippen molar-refractivity contribution in [2.24, 2.45) is 0 Å². The number of nitrogens with two attached hydrogens (primary N) is 1. The number of rotatable bonds is 4. The minimum Gasteiger partial charge on any atom is -0.492 e. The molecule has 0 aromatic heterocycles. The number of hydrogen-bond acceptors (Lipinski definition) is 3. The Morgan fingerprint density at radius 2 is 1.70 bits per heavy atom. The van der Waals surface area contributed by atoms with E-state index in [2.05, 4.69) is 0 Å².